The van der Waals surface area contributed by atoms with Gasteiger partial charge in [0.2, 0.25) is 0 Å². The number of fused-ring (bicyclic) bond motifs is 1. The maximum atomic E-state index is 5.69. The van der Waals surface area contributed by atoms with E-state index in [9.17, 15) is 0 Å². The molecule has 2 N–H and O–H groups in total. The van der Waals surface area contributed by atoms with E-state index in [0.29, 0.717) is 6.54 Å². The first-order valence-corrected chi connectivity index (χ1v) is 7.39. The molecule has 21 heavy (non-hydrogen) atoms. The van der Waals surface area contributed by atoms with Gasteiger partial charge in [-0.05, 0) is 25.1 Å². The molecule has 0 aliphatic heterocycles. The predicted octanol–water partition coefficient (Wildman–Crippen LogP) is 2.85. The Morgan fingerprint density at radius 1 is 1.29 bits per heavy atom. The number of ether oxygens (including phenoxy) is 2. The third-order valence-corrected chi connectivity index (χ3v) is 4.38. The van der Waals surface area contributed by atoms with Crippen molar-refractivity contribution in [3.63, 3.8) is 0 Å². The van der Waals surface area contributed by atoms with Crippen molar-refractivity contribution in [2.24, 2.45) is 5.73 Å². The number of rotatable bonds is 4. The maximum Gasteiger partial charge on any atom is 0.194 e. The highest BCUT2D eigenvalue weighted by Gasteiger charge is 2.17. The molecule has 3 rings (SSSR count). The van der Waals surface area contributed by atoms with Gasteiger partial charge in [-0.2, -0.15) is 0 Å². The Morgan fingerprint density at radius 2 is 2.10 bits per heavy atom. The normalized spacial score (nSPS) is 11.0. The Bertz CT molecular complexity index is 792. The molecule has 0 bridgehead atoms. The van der Waals surface area contributed by atoms with E-state index in [2.05, 4.69) is 16.3 Å². The topological polar surface area (TPSA) is 61.8 Å². The molecule has 0 unspecified atom stereocenters. The molecular formula is C15H17N3O2S. The second-order valence-electron chi connectivity index (χ2n) is 4.66. The number of benzene rings is 1. The van der Waals surface area contributed by atoms with E-state index in [1.165, 1.54) is 4.88 Å². The average molecular weight is 303 g/mol. The summed E-state index contributed by atoms with van der Waals surface area (Å²) in [6, 6.07) is 5.79. The molecule has 0 radical (unpaired) electrons. The van der Waals surface area contributed by atoms with Crippen molar-refractivity contribution >= 4 is 16.3 Å². The number of nitrogens with two attached hydrogens (primary N) is 1. The number of imidazole rings is 1. The van der Waals surface area contributed by atoms with Crippen LogP contribution >= 0.6 is 11.3 Å². The summed E-state index contributed by atoms with van der Waals surface area (Å²) in [6.45, 7) is 2.51. The third kappa shape index (κ3) is 2.26. The number of aromatic nitrogens is 2. The maximum absolute atomic E-state index is 5.69. The lowest BCUT2D eigenvalue weighted by molar-refractivity contribution is 0.404. The fraction of sp³-hybridized carbons (Fsp3) is 0.267. The first-order chi connectivity index (χ1) is 10.2. The van der Waals surface area contributed by atoms with Crippen LogP contribution in [0.4, 0.5) is 0 Å². The standard InChI is InChI=1S/C15H17N3O2S/c1-9-14(18-8-10(7-16)17-15(18)21-9)12-6-11(19-2)4-5-13(12)20-3/h4-6,8H,7,16H2,1-3H3. The van der Waals surface area contributed by atoms with E-state index < -0.39 is 0 Å². The zero-order valence-electron chi connectivity index (χ0n) is 12.2. The van der Waals surface area contributed by atoms with Gasteiger partial charge in [0.1, 0.15) is 11.5 Å². The number of hydrogen-bond acceptors (Lipinski definition) is 5. The summed E-state index contributed by atoms with van der Waals surface area (Å²) in [5.41, 5.74) is 8.62. The van der Waals surface area contributed by atoms with Crippen LogP contribution in [0.15, 0.2) is 24.4 Å². The molecule has 0 amide bonds. The van der Waals surface area contributed by atoms with Crippen LogP contribution in [-0.4, -0.2) is 23.6 Å². The molecule has 2 aromatic heterocycles. The van der Waals surface area contributed by atoms with Gasteiger partial charge in [-0.15, -0.1) is 11.3 Å². The lowest BCUT2D eigenvalue weighted by Gasteiger charge is -2.11. The van der Waals surface area contributed by atoms with Gasteiger partial charge in [0.25, 0.3) is 0 Å². The molecule has 0 atom stereocenters. The molecule has 2 heterocycles. The van der Waals surface area contributed by atoms with Crippen LogP contribution in [0, 0.1) is 6.92 Å². The van der Waals surface area contributed by atoms with Gasteiger partial charge >= 0.3 is 0 Å². The van der Waals surface area contributed by atoms with Gasteiger partial charge in [-0.25, -0.2) is 4.98 Å². The van der Waals surface area contributed by atoms with Crippen LogP contribution in [0.1, 0.15) is 10.6 Å². The summed E-state index contributed by atoms with van der Waals surface area (Å²) in [5.74, 6) is 1.60. The van der Waals surface area contributed by atoms with Crippen molar-refractivity contribution in [2.75, 3.05) is 14.2 Å². The van der Waals surface area contributed by atoms with Gasteiger partial charge < -0.3 is 15.2 Å². The van der Waals surface area contributed by atoms with Crippen LogP contribution in [0.5, 0.6) is 11.5 Å². The summed E-state index contributed by atoms with van der Waals surface area (Å²) in [7, 11) is 3.33. The van der Waals surface area contributed by atoms with E-state index in [0.717, 1.165) is 33.4 Å². The molecule has 0 spiro atoms. The van der Waals surface area contributed by atoms with Gasteiger partial charge in [0, 0.05) is 23.2 Å². The van der Waals surface area contributed by atoms with Crippen molar-refractivity contribution in [3.05, 3.63) is 35.0 Å². The zero-order valence-corrected chi connectivity index (χ0v) is 13.0. The minimum absolute atomic E-state index is 0.433. The quantitative estimate of drug-likeness (QED) is 0.805. The van der Waals surface area contributed by atoms with Crippen molar-refractivity contribution < 1.29 is 9.47 Å². The second kappa shape index (κ2) is 5.38. The Hall–Kier alpha value is -2.05. The summed E-state index contributed by atoms with van der Waals surface area (Å²) in [5, 5.41) is 0. The SMILES string of the molecule is COc1ccc(OC)c(-c2c(C)sc3nc(CN)cn23)c1. The van der Waals surface area contributed by atoms with Crippen LogP contribution < -0.4 is 15.2 Å². The van der Waals surface area contributed by atoms with E-state index in [1.54, 1.807) is 25.6 Å². The second-order valence-corrected chi connectivity index (χ2v) is 5.84. The molecule has 5 nitrogen and oxygen atoms in total. The summed E-state index contributed by atoms with van der Waals surface area (Å²) in [6.07, 6.45) is 1.98. The molecule has 0 saturated carbocycles. The van der Waals surface area contributed by atoms with E-state index >= 15 is 0 Å². The molecular weight excluding hydrogens is 286 g/mol. The van der Waals surface area contributed by atoms with E-state index in [4.69, 9.17) is 15.2 Å². The summed E-state index contributed by atoms with van der Waals surface area (Å²) < 4.78 is 12.9. The summed E-state index contributed by atoms with van der Waals surface area (Å²) in [4.78, 5) is 6.63. The smallest absolute Gasteiger partial charge is 0.194 e. The fourth-order valence-electron chi connectivity index (χ4n) is 2.41. The molecule has 1 aromatic carbocycles. The highest BCUT2D eigenvalue weighted by Crippen LogP contribution is 2.38. The molecule has 0 aliphatic carbocycles. The molecule has 0 aliphatic rings. The Labute approximate surface area is 126 Å². The van der Waals surface area contributed by atoms with Gasteiger partial charge in [0.15, 0.2) is 4.96 Å². The van der Waals surface area contributed by atoms with Crippen molar-refractivity contribution in [3.8, 4) is 22.8 Å². The molecule has 0 fully saturated rings. The molecule has 6 heteroatoms. The Kier molecular flexibility index (Phi) is 3.57. The largest absolute Gasteiger partial charge is 0.497 e. The molecule has 3 aromatic rings. The lowest BCUT2D eigenvalue weighted by Crippen LogP contribution is -1.96. The van der Waals surface area contributed by atoms with Crippen LogP contribution in [0.3, 0.4) is 0 Å². The van der Waals surface area contributed by atoms with Crippen molar-refractivity contribution in [1.29, 1.82) is 0 Å². The van der Waals surface area contributed by atoms with Crippen LogP contribution in [0.2, 0.25) is 0 Å². The van der Waals surface area contributed by atoms with E-state index in [1.807, 2.05) is 24.4 Å². The van der Waals surface area contributed by atoms with Gasteiger partial charge in [0.05, 0.1) is 25.6 Å². The number of nitrogens with zero attached hydrogens (tertiary/aromatic N) is 2. The van der Waals surface area contributed by atoms with Crippen LogP contribution in [-0.2, 0) is 6.54 Å². The highest BCUT2D eigenvalue weighted by molar-refractivity contribution is 7.17. The Morgan fingerprint density at radius 3 is 2.76 bits per heavy atom. The van der Waals surface area contributed by atoms with E-state index in [-0.39, 0.29) is 0 Å². The number of methoxy groups -OCH3 is 2. The van der Waals surface area contributed by atoms with Gasteiger partial charge in [-0.3, -0.25) is 4.40 Å². The lowest BCUT2D eigenvalue weighted by atomic mass is 10.1. The third-order valence-electron chi connectivity index (χ3n) is 3.41. The fourth-order valence-corrected chi connectivity index (χ4v) is 3.40. The summed E-state index contributed by atoms with van der Waals surface area (Å²) >= 11 is 1.64. The van der Waals surface area contributed by atoms with Gasteiger partial charge in [-0.1, -0.05) is 0 Å². The Balaban J connectivity index is 2.27. The number of aryl methyl sites for hydroxylation is 1. The number of thiazole rings is 1. The monoisotopic (exact) mass is 303 g/mol. The minimum atomic E-state index is 0.433. The van der Waals surface area contributed by atoms with Crippen LogP contribution in [0.25, 0.3) is 16.2 Å². The highest BCUT2D eigenvalue weighted by atomic mass is 32.1. The minimum Gasteiger partial charge on any atom is -0.497 e. The first kappa shape index (κ1) is 13.9. The van der Waals surface area contributed by atoms with Crippen molar-refractivity contribution in [1.82, 2.24) is 9.38 Å². The number of hydrogen-bond donors (Lipinski definition) is 1. The predicted molar refractivity (Wildman–Crippen MR) is 84.2 cm³/mol. The van der Waals surface area contributed by atoms with Crippen molar-refractivity contribution in [2.45, 2.75) is 13.5 Å². The first-order valence-electron chi connectivity index (χ1n) is 6.57. The average Bonchev–Trinajstić information content (AvgIpc) is 3.02. The molecule has 0 saturated heterocycles. The zero-order chi connectivity index (χ0) is 15.0. The molecule has 110 valence electrons.